The first-order valence-corrected chi connectivity index (χ1v) is 14.5. The Labute approximate surface area is 248 Å². The number of ketones is 2. The lowest BCUT2D eigenvalue weighted by Crippen LogP contribution is -2.52. The van der Waals surface area contributed by atoms with E-state index >= 15 is 9.59 Å². The van der Waals surface area contributed by atoms with Gasteiger partial charge in [-0.1, -0.05) is 96.0 Å². The maximum Gasteiger partial charge on any atom is 0.315 e. The van der Waals surface area contributed by atoms with Crippen LogP contribution in [0.1, 0.15) is 73.3 Å². The van der Waals surface area contributed by atoms with E-state index in [0.29, 0.717) is 21.8 Å². The molecule has 0 saturated carbocycles. The Morgan fingerprint density at radius 3 is 2.07 bits per heavy atom. The molecule has 2 aliphatic carbocycles. The molecule has 0 saturated heterocycles. The number of ether oxygens (including phenoxy) is 1. The number of fused-ring (bicyclic) bond motifs is 4. The summed E-state index contributed by atoms with van der Waals surface area (Å²) in [6.45, 7) is 3.92. The summed E-state index contributed by atoms with van der Waals surface area (Å²) in [5.74, 6) is -3.50. The topological polar surface area (TPSA) is 76.2 Å². The summed E-state index contributed by atoms with van der Waals surface area (Å²) in [5, 5.41) is 1.41. The van der Waals surface area contributed by atoms with Gasteiger partial charge in [0.05, 0.1) is 6.61 Å². The Balaban J connectivity index is 1.67. The number of rotatable bonds is 4. The smallest absolute Gasteiger partial charge is 0.315 e. The number of halogens is 1. The highest BCUT2D eigenvalue weighted by Crippen LogP contribution is 2.66. The molecule has 4 aromatic carbocycles. The van der Waals surface area contributed by atoms with Crippen LogP contribution in [0.5, 0.6) is 0 Å². The maximum atomic E-state index is 15.1. The van der Waals surface area contributed by atoms with Gasteiger partial charge in [0.25, 0.3) is 0 Å². The molecule has 3 atom stereocenters. The maximum absolute atomic E-state index is 15.1. The van der Waals surface area contributed by atoms with Gasteiger partial charge in [-0.05, 0) is 48.7 Å². The first-order valence-electron chi connectivity index (χ1n) is 14.2. The summed E-state index contributed by atoms with van der Waals surface area (Å²) in [6, 6.07) is 29.9. The fourth-order valence-electron chi connectivity index (χ4n) is 7.35. The zero-order chi connectivity index (χ0) is 29.2. The third-order valence-corrected chi connectivity index (χ3v) is 9.26. The van der Waals surface area contributed by atoms with Crippen LogP contribution in [0, 0.1) is 12.3 Å². The number of carbonyl (C=O) groups excluding carboxylic acids is 3. The summed E-state index contributed by atoms with van der Waals surface area (Å²) < 4.78 is 5.72. The lowest BCUT2D eigenvalue weighted by molar-refractivity contribution is -0.146. The van der Waals surface area contributed by atoms with Crippen LogP contribution in [0.15, 0.2) is 97.1 Å². The molecule has 1 N–H and O–H groups in total. The second-order valence-electron chi connectivity index (χ2n) is 11.2. The summed E-state index contributed by atoms with van der Waals surface area (Å²) in [6.07, 6.45) is 0. The van der Waals surface area contributed by atoms with Crippen LogP contribution in [-0.4, -0.2) is 29.1 Å². The number of H-pyrrole nitrogens is 1. The van der Waals surface area contributed by atoms with Crippen molar-refractivity contribution in [2.24, 2.45) is 5.41 Å². The number of Topliss-reactive ketones (excluding diaryl/α,β-unsaturated/α-hetero) is 2. The van der Waals surface area contributed by atoms with Crippen LogP contribution in [0.25, 0.3) is 10.9 Å². The molecule has 1 heterocycles. The Kier molecular flexibility index (Phi) is 6.17. The van der Waals surface area contributed by atoms with Crippen LogP contribution in [0.3, 0.4) is 0 Å². The van der Waals surface area contributed by atoms with Gasteiger partial charge in [0.1, 0.15) is 11.3 Å². The third kappa shape index (κ3) is 3.59. The van der Waals surface area contributed by atoms with Gasteiger partial charge < -0.3 is 9.72 Å². The van der Waals surface area contributed by atoms with Gasteiger partial charge in [-0.25, -0.2) is 0 Å². The SMILES string of the molecule is CCOC(=O)[C@H]1c2[nH]c3ccccc3c2[C@@H](c2ccc(Cl)cc2)C2(C(=O)c3ccccc3C2=O)[C@@H]1c1ccc(C)cc1. The van der Waals surface area contributed by atoms with E-state index in [1.54, 1.807) is 43.3 Å². The number of aryl methyl sites for hydroxylation is 1. The number of para-hydroxylation sites is 1. The second-order valence-corrected chi connectivity index (χ2v) is 11.6. The summed E-state index contributed by atoms with van der Waals surface area (Å²) in [7, 11) is 0. The number of hydrogen-bond donors (Lipinski definition) is 1. The largest absolute Gasteiger partial charge is 0.465 e. The molecule has 5 nitrogen and oxygen atoms in total. The molecule has 42 heavy (non-hydrogen) atoms. The number of nitrogens with one attached hydrogen (secondary N) is 1. The van der Waals surface area contributed by atoms with Crippen LogP contribution < -0.4 is 0 Å². The Hall–Kier alpha value is -4.48. The molecule has 0 radical (unpaired) electrons. The standard InChI is InChI=1S/C36H28ClNO4/c1-3-42-35(41)29-31(21-14-12-20(2)13-15-21)36(33(39)24-8-4-5-9-25(24)34(36)40)30(22-16-18-23(37)19-17-22)28-26-10-6-7-11-27(26)38-32(28)29/h4-19,29-31,38H,3H2,1-2H3/t29-,30-,31-/m1/s1. The molecule has 0 bridgehead atoms. The van der Waals surface area contributed by atoms with Gasteiger partial charge in [0, 0.05) is 44.6 Å². The van der Waals surface area contributed by atoms with Gasteiger partial charge in [0.2, 0.25) is 0 Å². The number of carbonyl (C=O) groups is 3. The van der Waals surface area contributed by atoms with Gasteiger partial charge in [-0.2, -0.15) is 0 Å². The van der Waals surface area contributed by atoms with Crippen molar-refractivity contribution in [1.29, 1.82) is 0 Å². The fraction of sp³-hybridized carbons (Fsp3) is 0.194. The van der Waals surface area contributed by atoms with E-state index in [1.165, 1.54) is 0 Å². The molecule has 1 aromatic heterocycles. The Morgan fingerprint density at radius 2 is 1.43 bits per heavy atom. The minimum atomic E-state index is -1.65. The molecule has 0 aliphatic heterocycles. The number of aromatic nitrogens is 1. The van der Waals surface area contributed by atoms with Crippen molar-refractivity contribution in [3.63, 3.8) is 0 Å². The minimum Gasteiger partial charge on any atom is -0.465 e. The van der Waals surface area contributed by atoms with Gasteiger partial charge in [-0.3, -0.25) is 14.4 Å². The first kappa shape index (κ1) is 26.4. The predicted octanol–water partition coefficient (Wildman–Crippen LogP) is 7.77. The molecule has 0 amide bonds. The van der Waals surface area contributed by atoms with Gasteiger partial charge >= 0.3 is 5.97 Å². The lowest BCUT2D eigenvalue weighted by atomic mass is 9.50. The van der Waals surface area contributed by atoms with Crippen LogP contribution in [0.4, 0.5) is 0 Å². The zero-order valence-corrected chi connectivity index (χ0v) is 23.9. The fourth-order valence-corrected chi connectivity index (χ4v) is 7.48. The van der Waals surface area contributed by atoms with E-state index in [0.717, 1.165) is 33.2 Å². The Morgan fingerprint density at radius 1 is 0.833 bits per heavy atom. The van der Waals surface area contributed by atoms with Crippen molar-refractivity contribution >= 4 is 40.0 Å². The van der Waals surface area contributed by atoms with Crippen molar-refractivity contribution in [2.45, 2.75) is 31.6 Å². The first-order chi connectivity index (χ1) is 20.4. The molecule has 2 aliphatic rings. The van der Waals surface area contributed by atoms with Crippen LogP contribution in [0.2, 0.25) is 5.02 Å². The molecule has 1 spiro atoms. The molecule has 7 rings (SSSR count). The minimum absolute atomic E-state index is 0.168. The van der Waals surface area contributed by atoms with Crippen molar-refractivity contribution in [1.82, 2.24) is 4.98 Å². The summed E-state index contributed by atoms with van der Waals surface area (Å²) in [5.41, 5.74) is 3.91. The van der Waals surface area contributed by atoms with E-state index in [-0.39, 0.29) is 18.2 Å². The average molecular weight is 574 g/mol. The normalized spacial score (nSPS) is 20.5. The van der Waals surface area contributed by atoms with Crippen LogP contribution in [-0.2, 0) is 9.53 Å². The highest BCUT2D eigenvalue weighted by Gasteiger charge is 2.68. The third-order valence-electron chi connectivity index (χ3n) is 9.00. The highest BCUT2D eigenvalue weighted by atomic mass is 35.5. The number of aromatic amines is 1. The van der Waals surface area contributed by atoms with Crippen molar-refractivity contribution in [2.75, 3.05) is 6.61 Å². The van der Waals surface area contributed by atoms with Crippen molar-refractivity contribution in [3.8, 4) is 0 Å². The number of hydrogen-bond acceptors (Lipinski definition) is 4. The van der Waals surface area contributed by atoms with E-state index in [4.69, 9.17) is 16.3 Å². The number of benzene rings is 4. The van der Waals surface area contributed by atoms with Crippen LogP contribution >= 0.6 is 11.6 Å². The molecule has 0 fully saturated rings. The molecule has 208 valence electrons. The number of esters is 1. The highest BCUT2D eigenvalue weighted by molar-refractivity contribution is 6.32. The quantitative estimate of drug-likeness (QED) is 0.176. The van der Waals surface area contributed by atoms with E-state index < -0.39 is 29.1 Å². The van der Waals surface area contributed by atoms with E-state index in [2.05, 4.69) is 4.98 Å². The summed E-state index contributed by atoms with van der Waals surface area (Å²) >= 11 is 6.34. The lowest BCUT2D eigenvalue weighted by Gasteiger charge is -2.48. The monoisotopic (exact) mass is 573 g/mol. The predicted molar refractivity (Wildman–Crippen MR) is 162 cm³/mol. The van der Waals surface area contributed by atoms with E-state index in [9.17, 15) is 4.79 Å². The zero-order valence-electron chi connectivity index (χ0n) is 23.2. The molecule has 0 unspecified atom stereocenters. The van der Waals surface area contributed by atoms with Crippen molar-refractivity contribution in [3.05, 3.63) is 141 Å². The summed E-state index contributed by atoms with van der Waals surface area (Å²) in [4.78, 5) is 47.8. The van der Waals surface area contributed by atoms with Crippen molar-refractivity contribution < 1.29 is 19.1 Å². The average Bonchev–Trinajstić information content (AvgIpc) is 3.48. The van der Waals surface area contributed by atoms with E-state index in [1.807, 2.05) is 67.6 Å². The molecular formula is C36H28ClNO4. The second kappa shape index (κ2) is 9.81. The van der Waals surface area contributed by atoms with Gasteiger partial charge in [-0.15, -0.1) is 0 Å². The molecule has 6 heteroatoms. The van der Waals surface area contributed by atoms with Gasteiger partial charge in [0.15, 0.2) is 11.6 Å². The molecular weight excluding hydrogens is 546 g/mol. The molecule has 5 aromatic rings. The Bertz CT molecular complexity index is 1850.